The number of aromatic nitrogens is 1. The second-order valence-corrected chi connectivity index (χ2v) is 6.47. The summed E-state index contributed by atoms with van der Waals surface area (Å²) in [5, 5.41) is 16.4. The summed E-state index contributed by atoms with van der Waals surface area (Å²) in [6.45, 7) is 0. The minimum atomic E-state index is -1.02. The molecule has 1 fully saturated rings. The fourth-order valence-corrected chi connectivity index (χ4v) is 3.59. The second-order valence-electron chi connectivity index (χ2n) is 6.47. The third kappa shape index (κ3) is 3.01. The summed E-state index contributed by atoms with van der Waals surface area (Å²) in [5.41, 5.74) is 1.22. The van der Waals surface area contributed by atoms with Gasteiger partial charge in [0.1, 0.15) is 6.04 Å². The average Bonchev–Trinajstić information content (AvgIpc) is 3.22. The highest BCUT2D eigenvalue weighted by Crippen LogP contribution is 2.29. The molecular formula is C18H23N3O3. The topological polar surface area (TPSA) is 94.2 Å². The number of amides is 1. The van der Waals surface area contributed by atoms with E-state index in [0.29, 0.717) is 0 Å². The van der Waals surface area contributed by atoms with Crippen molar-refractivity contribution in [3.8, 4) is 0 Å². The number of H-pyrrole nitrogens is 1. The lowest BCUT2D eigenvalue weighted by molar-refractivity contribution is -0.142. The van der Waals surface area contributed by atoms with E-state index < -0.39 is 17.6 Å². The number of benzene rings is 1. The van der Waals surface area contributed by atoms with Crippen molar-refractivity contribution in [1.29, 1.82) is 0 Å². The predicted octanol–water partition coefficient (Wildman–Crippen LogP) is 1.81. The Morgan fingerprint density at radius 2 is 2.00 bits per heavy atom. The summed E-state index contributed by atoms with van der Waals surface area (Å²) >= 11 is 0. The maximum absolute atomic E-state index is 12.7. The summed E-state index contributed by atoms with van der Waals surface area (Å²) in [6.07, 6.45) is 5.52. The molecule has 4 N–H and O–H groups in total. The lowest BCUT2D eigenvalue weighted by atomic mass is 9.95. The first-order valence-electron chi connectivity index (χ1n) is 8.33. The molecule has 0 aliphatic heterocycles. The number of aliphatic carboxylic acids is 1. The van der Waals surface area contributed by atoms with Crippen molar-refractivity contribution in [2.24, 2.45) is 0 Å². The van der Waals surface area contributed by atoms with Crippen LogP contribution in [-0.2, 0) is 16.0 Å². The molecule has 0 spiro atoms. The summed E-state index contributed by atoms with van der Waals surface area (Å²) in [4.78, 5) is 27.5. The van der Waals surface area contributed by atoms with Crippen LogP contribution in [0, 0.1) is 0 Å². The standard InChI is InChI=1S/C18H23N3O3/c1-19-18(8-4-5-9-18)17(24)21-15(16(22)23)10-12-11-20-14-7-3-2-6-13(12)14/h2-3,6-7,11,15,19-20H,4-5,8-10H2,1H3,(H,21,24)(H,22,23)/t15-/m0/s1. The van der Waals surface area contributed by atoms with Crippen LogP contribution in [0.5, 0.6) is 0 Å². The van der Waals surface area contributed by atoms with E-state index in [0.717, 1.165) is 42.1 Å². The highest BCUT2D eigenvalue weighted by molar-refractivity contribution is 5.91. The predicted molar refractivity (Wildman–Crippen MR) is 91.8 cm³/mol. The van der Waals surface area contributed by atoms with E-state index in [9.17, 15) is 14.7 Å². The number of hydrogen-bond donors (Lipinski definition) is 4. The Bertz CT molecular complexity index is 747. The van der Waals surface area contributed by atoms with Gasteiger partial charge in [0.25, 0.3) is 0 Å². The molecule has 1 amide bonds. The van der Waals surface area contributed by atoms with Gasteiger partial charge in [0.05, 0.1) is 5.54 Å². The molecule has 1 aliphatic carbocycles. The first kappa shape index (κ1) is 16.5. The Kier molecular flexibility index (Phi) is 4.57. The molecule has 0 saturated heterocycles. The maximum Gasteiger partial charge on any atom is 0.326 e. The number of hydrogen-bond acceptors (Lipinski definition) is 3. The number of para-hydroxylation sites is 1. The Balaban J connectivity index is 1.78. The Morgan fingerprint density at radius 1 is 1.29 bits per heavy atom. The molecule has 1 aromatic carbocycles. The van der Waals surface area contributed by atoms with Crippen molar-refractivity contribution in [3.05, 3.63) is 36.0 Å². The molecule has 3 rings (SSSR count). The Labute approximate surface area is 140 Å². The minimum absolute atomic E-state index is 0.213. The van der Waals surface area contributed by atoms with Gasteiger partial charge >= 0.3 is 5.97 Å². The molecule has 1 aromatic heterocycles. The zero-order valence-electron chi connectivity index (χ0n) is 13.8. The van der Waals surface area contributed by atoms with Crippen LogP contribution >= 0.6 is 0 Å². The van der Waals surface area contributed by atoms with E-state index in [-0.39, 0.29) is 12.3 Å². The lowest BCUT2D eigenvalue weighted by Crippen LogP contribution is -2.57. The number of carbonyl (C=O) groups is 2. The van der Waals surface area contributed by atoms with Crippen molar-refractivity contribution in [2.45, 2.75) is 43.7 Å². The van der Waals surface area contributed by atoms with Crippen molar-refractivity contribution in [3.63, 3.8) is 0 Å². The maximum atomic E-state index is 12.7. The zero-order chi connectivity index (χ0) is 17.2. The zero-order valence-corrected chi connectivity index (χ0v) is 13.8. The molecular weight excluding hydrogens is 306 g/mol. The molecule has 128 valence electrons. The molecule has 6 heteroatoms. The van der Waals surface area contributed by atoms with E-state index in [4.69, 9.17) is 0 Å². The summed E-state index contributed by atoms with van der Waals surface area (Å²) in [5.74, 6) is -1.23. The van der Waals surface area contributed by atoms with Gasteiger partial charge in [-0.2, -0.15) is 0 Å². The van der Waals surface area contributed by atoms with Crippen molar-refractivity contribution < 1.29 is 14.7 Å². The number of likely N-dealkylation sites (N-methyl/N-ethyl adjacent to an activating group) is 1. The smallest absolute Gasteiger partial charge is 0.326 e. The van der Waals surface area contributed by atoms with Crippen LogP contribution in [-0.4, -0.2) is 40.6 Å². The fourth-order valence-electron chi connectivity index (χ4n) is 3.59. The second kappa shape index (κ2) is 6.65. The normalized spacial score (nSPS) is 17.7. The van der Waals surface area contributed by atoms with Crippen LogP contribution < -0.4 is 10.6 Å². The Morgan fingerprint density at radius 3 is 2.67 bits per heavy atom. The monoisotopic (exact) mass is 329 g/mol. The van der Waals surface area contributed by atoms with Crippen LogP contribution in [0.4, 0.5) is 0 Å². The van der Waals surface area contributed by atoms with E-state index in [1.54, 1.807) is 7.05 Å². The highest BCUT2D eigenvalue weighted by Gasteiger charge is 2.41. The Hall–Kier alpha value is -2.34. The van der Waals surface area contributed by atoms with Crippen LogP contribution in [0.1, 0.15) is 31.2 Å². The van der Waals surface area contributed by atoms with E-state index in [1.807, 2.05) is 30.5 Å². The van der Waals surface area contributed by atoms with Gasteiger partial charge in [-0.3, -0.25) is 4.79 Å². The minimum Gasteiger partial charge on any atom is -0.480 e. The molecule has 1 atom stereocenters. The first-order valence-corrected chi connectivity index (χ1v) is 8.33. The van der Waals surface area contributed by atoms with Crippen molar-refractivity contribution in [2.75, 3.05) is 7.05 Å². The highest BCUT2D eigenvalue weighted by atomic mass is 16.4. The number of carbonyl (C=O) groups excluding carboxylic acids is 1. The van der Waals surface area contributed by atoms with Crippen molar-refractivity contribution >= 4 is 22.8 Å². The molecule has 0 bridgehead atoms. The van der Waals surface area contributed by atoms with Gasteiger partial charge in [-0.25, -0.2) is 4.79 Å². The average molecular weight is 329 g/mol. The number of rotatable bonds is 6. The SMILES string of the molecule is CNC1(C(=O)N[C@@H](Cc2c[nH]c3ccccc23)C(=O)O)CCCC1. The fraction of sp³-hybridized carbons (Fsp3) is 0.444. The van der Waals surface area contributed by atoms with E-state index in [2.05, 4.69) is 15.6 Å². The van der Waals surface area contributed by atoms with E-state index >= 15 is 0 Å². The first-order chi connectivity index (χ1) is 11.6. The van der Waals surface area contributed by atoms with Gasteiger partial charge < -0.3 is 20.7 Å². The summed E-state index contributed by atoms with van der Waals surface area (Å²) in [6, 6.07) is 6.80. The number of aromatic amines is 1. The van der Waals surface area contributed by atoms with Crippen LogP contribution in [0.3, 0.4) is 0 Å². The molecule has 1 heterocycles. The third-order valence-electron chi connectivity index (χ3n) is 5.07. The molecule has 6 nitrogen and oxygen atoms in total. The van der Waals surface area contributed by atoms with Gasteiger partial charge in [0.15, 0.2) is 0 Å². The van der Waals surface area contributed by atoms with E-state index in [1.165, 1.54) is 0 Å². The van der Waals surface area contributed by atoms with Gasteiger partial charge in [0, 0.05) is 23.5 Å². The van der Waals surface area contributed by atoms with Gasteiger partial charge in [-0.15, -0.1) is 0 Å². The number of carboxylic acids is 1. The quantitative estimate of drug-likeness (QED) is 0.650. The summed E-state index contributed by atoms with van der Waals surface area (Å²) in [7, 11) is 1.76. The van der Waals surface area contributed by atoms with Gasteiger partial charge in [0.2, 0.25) is 5.91 Å². The summed E-state index contributed by atoms with van der Waals surface area (Å²) < 4.78 is 0. The van der Waals surface area contributed by atoms with Gasteiger partial charge in [-0.05, 0) is 31.5 Å². The van der Waals surface area contributed by atoms with Crippen molar-refractivity contribution in [1.82, 2.24) is 15.6 Å². The molecule has 1 saturated carbocycles. The largest absolute Gasteiger partial charge is 0.480 e. The molecule has 24 heavy (non-hydrogen) atoms. The van der Waals surface area contributed by atoms with Gasteiger partial charge in [-0.1, -0.05) is 31.0 Å². The third-order valence-corrected chi connectivity index (χ3v) is 5.07. The molecule has 0 unspecified atom stereocenters. The lowest BCUT2D eigenvalue weighted by Gasteiger charge is -2.29. The van der Waals surface area contributed by atoms with Crippen LogP contribution in [0.2, 0.25) is 0 Å². The molecule has 1 aliphatic rings. The van der Waals surface area contributed by atoms with Crippen LogP contribution in [0.15, 0.2) is 30.5 Å². The number of carboxylic acid groups (broad SMARTS) is 1. The molecule has 0 radical (unpaired) electrons. The van der Waals surface area contributed by atoms with Crippen LogP contribution in [0.25, 0.3) is 10.9 Å². The molecule has 2 aromatic rings. The number of nitrogens with one attached hydrogen (secondary N) is 3. The number of fused-ring (bicyclic) bond motifs is 1.